The molecule has 0 unspecified atom stereocenters. The molecule has 0 radical (unpaired) electrons. The normalized spacial score (nSPS) is 14.3. The number of nitrogens with one attached hydrogen (secondary N) is 1. The molecule has 2 aromatic rings. The number of benzene rings is 1. The molecule has 1 aromatic heterocycles. The Labute approximate surface area is 127 Å². The molecule has 1 fully saturated rings. The van der Waals surface area contributed by atoms with E-state index in [1.807, 2.05) is 18.2 Å². The summed E-state index contributed by atoms with van der Waals surface area (Å²) in [7, 11) is 0. The highest BCUT2D eigenvalue weighted by Crippen LogP contribution is 2.29. The summed E-state index contributed by atoms with van der Waals surface area (Å²) in [6, 6.07) is 9.68. The lowest BCUT2D eigenvalue weighted by atomic mass is 10.3. The summed E-state index contributed by atoms with van der Waals surface area (Å²) in [6.07, 6.45) is 4.30. The van der Waals surface area contributed by atoms with Crippen LogP contribution in [-0.2, 0) is 6.54 Å². The Morgan fingerprint density at radius 2 is 2.10 bits per heavy atom. The van der Waals surface area contributed by atoms with Crippen LogP contribution in [0.1, 0.15) is 18.4 Å². The number of ether oxygens (including phenoxy) is 1. The van der Waals surface area contributed by atoms with Crippen LogP contribution >= 0.6 is 23.2 Å². The topological polar surface area (TPSA) is 34.1 Å². The molecule has 1 heterocycles. The zero-order valence-electron chi connectivity index (χ0n) is 10.8. The first-order chi connectivity index (χ1) is 9.70. The summed E-state index contributed by atoms with van der Waals surface area (Å²) >= 11 is 12.1. The third kappa shape index (κ3) is 3.63. The van der Waals surface area contributed by atoms with Crippen molar-refractivity contribution in [2.45, 2.75) is 25.4 Å². The van der Waals surface area contributed by atoms with Crippen LogP contribution in [0.5, 0.6) is 11.6 Å². The van der Waals surface area contributed by atoms with Crippen molar-refractivity contribution in [3.8, 4) is 11.6 Å². The van der Waals surface area contributed by atoms with Crippen molar-refractivity contribution in [2.75, 3.05) is 0 Å². The van der Waals surface area contributed by atoms with Crippen molar-refractivity contribution in [1.82, 2.24) is 10.3 Å². The third-order valence-electron chi connectivity index (χ3n) is 3.05. The SMILES string of the molecule is Clc1cccc(Oc2ncc(CNC3CC3)cc2Cl)c1. The molecular formula is C15H14Cl2N2O. The van der Waals surface area contributed by atoms with Gasteiger partial charge in [-0.2, -0.15) is 0 Å². The number of halogens is 2. The van der Waals surface area contributed by atoms with Crippen molar-refractivity contribution in [2.24, 2.45) is 0 Å². The lowest BCUT2D eigenvalue weighted by Crippen LogP contribution is -2.15. The molecule has 0 spiro atoms. The highest BCUT2D eigenvalue weighted by Gasteiger charge is 2.20. The van der Waals surface area contributed by atoms with Crippen LogP contribution in [0.3, 0.4) is 0 Å². The number of nitrogens with zero attached hydrogens (tertiary/aromatic N) is 1. The number of aromatic nitrogens is 1. The quantitative estimate of drug-likeness (QED) is 0.887. The van der Waals surface area contributed by atoms with Gasteiger partial charge >= 0.3 is 0 Å². The molecule has 0 saturated heterocycles. The predicted octanol–water partition coefficient (Wildman–Crippen LogP) is 4.43. The standard InChI is InChI=1S/C15H14Cl2N2O/c16-11-2-1-3-13(7-11)20-15-14(17)6-10(9-19-15)8-18-12-4-5-12/h1-3,6-7,9,12,18H,4-5,8H2. The van der Waals surface area contributed by atoms with Crippen LogP contribution in [-0.4, -0.2) is 11.0 Å². The number of rotatable bonds is 5. The molecule has 1 aliphatic carbocycles. The molecule has 0 atom stereocenters. The maximum Gasteiger partial charge on any atom is 0.238 e. The largest absolute Gasteiger partial charge is 0.437 e. The van der Waals surface area contributed by atoms with Gasteiger partial charge in [0.2, 0.25) is 5.88 Å². The van der Waals surface area contributed by atoms with Crippen LogP contribution in [0.15, 0.2) is 36.5 Å². The summed E-state index contributed by atoms with van der Waals surface area (Å²) in [5.41, 5.74) is 1.06. The van der Waals surface area contributed by atoms with E-state index in [2.05, 4.69) is 10.3 Å². The second-order valence-electron chi connectivity index (χ2n) is 4.85. The maximum absolute atomic E-state index is 6.20. The molecular weight excluding hydrogens is 295 g/mol. The molecule has 3 nitrogen and oxygen atoms in total. The zero-order valence-corrected chi connectivity index (χ0v) is 12.3. The fourth-order valence-corrected chi connectivity index (χ4v) is 2.24. The minimum atomic E-state index is 0.393. The Bertz CT molecular complexity index is 615. The second kappa shape index (κ2) is 6.00. The third-order valence-corrected chi connectivity index (χ3v) is 3.55. The second-order valence-corrected chi connectivity index (χ2v) is 5.69. The van der Waals surface area contributed by atoms with Crippen molar-refractivity contribution in [3.63, 3.8) is 0 Å². The maximum atomic E-state index is 6.20. The first kappa shape index (κ1) is 13.7. The van der Waals surface area contributed by atoms with E-state index in [4.69, 9.17) is 27.9 Å². The van der Waals surface area contributed by atoms with Gasteiger partial charge in [-0.1, -0.05) is 29.3 Å². The van der Waals surface area contributed by atoms with Gasteiger partial charge in [-0.25, -0.2) is 4.98 Å². The van der Waals surface area contributed by atoms with Gasteiger partial charge in [0.15, 0.2) is 0 Å². The zero-order chi connectivity index (χ0) is 13.9. The van der Waals surface area contributed by atoms with E-state index in [1.165, 1.54) is 12.8 Å². The smallest absolute Gasteiger partial charge is 0.238 e. The van der Waals surface area contributed by atoms with Gasteiger partial charge in [-0.15, -0.1) is 0 Å². The first-order valence-corrected chi connectivity index (χ1v) is 7.27. The van der Waals surface area contributed by atoms with Gasteiger partial charge in [0, 0.05) is 23.8 Å². The van der Waals surface area contributed by atoms with Gasteiger partial charge in [-0.05, 0) is 42.7 Å². The summed E-state index contributed by atoms with van der Waals surface area (Å²) in [5.74, 6) is 1.01. The van der Waals surface area contributed by atoms with E-state index in [0.717, 1.165) is 12.1 Å². The van der Waals surface area contributed by atoms with E-state index in [-0.39, 0.29) is 0 Å². The molecule has 1 aromatic carbocycles. The number of pyridine rings is 1. The van der Waals surface area contributed by atoms with Crippen LogP contribution in [0.25, 0.3) is 0 Å². The Hall–Kier alpha value is -1.29. The lowest BCUT2D eigenvalue weighted by molar-refractivity contribution is 0.462. The Balaban J connectivity index is 1.69. The highest BCUT2D eigenvalue weighted by molar-refractivity contribution is 6.32. The van der Waals surface area contributed by atoms with Gasteiger partial charge in [0.25, 0.3) is 0 Å². The van der Waals surface area contributed by atoms with E-state index < -0.39 is 0 Å². The van der Waals surface area contributed by atoms with Crippen molar-refractivity contribution in [3.05, 3.63) is 52.1 Å². The van der Waals surface area contributed by atoms with E-state index in [1.54, 1.807) is 18.3 Å². The summed E-state index contributed by atoms with van der Waals surface area (Å²) in [6.45, 7) is 0.787. The molecule has 0 amide bonds. The minimum absolute atomic E-state index is 0.393. The van der Waals surface area contributed by atoms with Crippen molar-refractivity contribution in [1.29, 1.82) is 0 Å². The van der Waals surface area contributed by atoms with Crippen molar-refractivity contribution >= 4 is 23.2 Å². The molecule has 0 bridgehead atoms. The van der Waals surface area contributed by atoms with Gasteiger partial charge in [0.1, 0.15) is 10.8 Å². The molecule has 1 saturated carbocycles. The predicted molar refractivity (Wildman–Crippen MR) is 80.6 cm³/mol. The van der Waals surface area contributed by atoms with Gasteiger partial charge < -0.3 is 10.1 Å². The van der Waals surface area contributed by atoms with E-state index in [0.29, 0.717) is 27.7 Å². The molecule has 20 heavy (non-hydrogen) atoms. The molecule has 1 N–H and O–H groups in total. The minimum Gasteiger partial charge on any atom is -0.437 e. The Kier molecular flexibility index (Phi) is 4.10. The van der Waals surface area contributed by atoms with E-state index in [9.17, 15) is 0 Å². The average Bonchev–Trinajstić information content (AvgIpc) is 3.23. The summed E-state index contributed by atoms with van der Waals surface area (Å²) in [4.78, 5) is 4.26. The summed E-state index contributed by atoms with van der Waals surface area (Å²) < 4.78 is 5.63. The molecule has 3 rings (SSSR count). The van der Waals surface area contributed by atoms with Crippen LogP contribution in [0, 0.1) is 0 Å². The average molecular weight is 309 g/mol. The van der Waals surface area contributed by atoms with Gasteiger partial charge in [-0.3, -0.25) is 0 Å². The number of hydrogen-bond donors (Lipinski definition) is 1. The fourth-order valence-electron chi connectivity index (χ4n) is 1.83. The molecule has 104 valence electrons. The summed E-state index contributed by atoms with van der Waals surface area (Å²) in [5, 5.41) is 4.53. The van der Waals surface area contributed by atoms with Gasteiger partial charge in [0.05, 0.1) is 0 Å². The van der Waals surface area contributed by atoms with E-state index >= 15 is 0 Å². The number of hydrogen-bond acceptors (Lipinski definition) is 3. The van der Waals surface area contributed by atoms with Crippen LogP contribution in [0.2, 0.25) is 10.0 Å². The monoisotopic (exact) mass is 308 g/mol. The van der Waals surface area contributed by atoms with Crippen molar-refractivity contribution < 1.29 is 4.74 Å². The first-order valence-electron chi connectivity index (χ1n) is 6.52. The molecule has 5 heteroatoms. The van der Waals surface area contributed by atoms with Crippen LogP contribution in [0.4, 0.5) is 0 Å². The molecule has 1 aliphatic rings. The molecule has 0 aliphatic heterocycles. The Morgan fingerprint density at radius 1 is 1.25 bits per heavy atom. The lowest BCUT2D eigenvalue weighted by Gasteiger charge is -2.08. The Morgan fingerprint density at radius 3 is 2.80 bits per heavy atom. The highest BCUT2D eigenvalue weighted by atomic mass is 35.5. The van der Waals surface area contributed by atoms with Crippen LogP contribution < -0.4 is 10.1 Å². The fraction of sp³-hybridized carbons (Fsp3) is 0.267.